The molecule has 0 heterocycles. The summed E-state index contributed by atoms with van der Waals surface area (Å²) in [4.78, 5) is 0. The first-order chi connectivity index (χ1) is 6.85. The molecule has 1 aromatic carbocycles. The van der Waals surface area contributed by atoms with Crippen LogP contribution in [0.1, 0.15) is 25.3 Å². The molecule has 1 aromatic rings. The second kappa shape index (κ2) is 2.92. The van der Waals surface area contributed by atoms with E-state index < -0.39 is 17.4 Å². The van der Waals surface area contributed by atoms with E-state index >= 15 is 0 Å². The predicted molar refractivity (Wildman–Crippen MR) is 52.5 cm³/mol. The van der Waals surface area contributed by atoms with Crippen LogP contribution in [-0.2, 0) is 0 Å². The molecule has 1 aliphatic carbocycles. The lowest BCUT2D eigenvalue weighted by atomic mass is 10.0. The van der Waals surface area contributed by atoms with E-state index in [0.717, 1.165) is 6.07 Å². The molecule has 1 saturated carbocycles. The minimum absolute atomic E-state index is 0.162. The van der Waals surface area contributed by atoms with Crippen LogP contribution in [0.3, 0.4) is 0 Å². The topological polar surface area (TPSA) is 46.2 Å². The fraction of sp³-hybridized carbons (Fsp3) is 0.455. The molecule has 0 unspecified atom stereocenters. The van der Waals surface area contributed by atoms with Crippen molar-refractivity contribution in [3.8, 4) is 5.75 Å². The number of halogens is 2. The second-order valence-electron chi connectivity index (χ2n) is 4.65. The Morgan fingerprint density at radius 3 is 2.33 bits per heavy atom. The van der Waals surface area contributed by atoms with Gasteiger partial charge in [-0.1, -0.05) is 13.8 Å². The Morgan fingerprint density at radius 2 is 1.87 bits per heavy atom. The van der Waals surface area contributed by atoms with E-state index in [1.165, 1.54) is 0 Å². The first-order valence-corrected chi connectivity index (χ1v) is 4.79. The summed E-state index contributed by atoms with van der Waals surface area (Å²) in [5.74, 6) is -2.28. The molecule has 0 aliphatic heterocycles. The summed E-state index contributed by atoms with van der Waals surface area (Å²) >= 11 is 0. The number of phenolic OH excluding ortho intramolecular Hbond substituents is 1. The lowest BCUT2D eigenvalue weighted by Gasteiger charge is -2.06. The fourth-order valence-corrected chi connectivity index (χ4v) is 2.09. The minimum atomic E-state index is -0.931. The maximum Gasteiger partial charge on any atom is 0.168 e. The van der Waals surface area contributed by atoms with Gasteiger partial charge in [0.2, 0.25) is 0 Å². The van der Waals surface area contributed by atoms with Gasteiger partial charge in [0.25, 0.3) is 0 Å². The normalized spacial score (nSPS) is 27.8. The smallest absolute Gasteiger partial charge is 0.168 e. The molecule has 1 aliphatic rings. The number of aromatic hydroxyl groups is 1. The van der Waals surface area contributed by atoms with Crippen molar-refractivity contribution in [3.05, 3.63) is 29.3 Å². The van der Waals surface area contributed by atoms with Gasteiger partial charge in [-0.05, 0) is 11.5 Å². The summed E-state index contributed by atoms with van der Waals surface area (Å²) in [6.07, 6.45) is 0. The second-order valence-corrected chi connectivity index (χ2v) is 4.65. The summed E-state index contributed by atoms with van der Waals surface area (Å²) in [5.41, 5.74) is 5.85. The Bertz CT molecular complexity index is 417. The molecule has 0 spiro atoms. The van der Waals surface area contributed by atoms with Gasteiger partial charge < -0.3 is 10.8 Å². The van der Waals surface area contributed by atoms with Crippen molar-refractivity contribution in [1.29, 1.82) is 0 Å². The van der Waals surface area contributed by atoms with Crippen LogP contribution in [0.5, 0.6) is 5.75 Å². The van der Waals surface area contributed by atoms with E-state index in [4.69, 9.17) is 5.73 Å². The molecule has 0 saturated heterocycles. The average Bonchev–Trinajstić information content (AvgIpc) is 2.60. The first-order valence-electron chi connectivity index (χ1n) is 4.79. The van der Waals surface area contributed by atoms with Gasteiger partial charge in [0, 0.05) is 23.6 Å². The molecule has 0 aromatic heterocycles. The van der Waals surface area contributed by atoms with Crippen LogP contribution in [0.4, 0.5) is 8.78 Å². The largest absolute Gasteiger partial charge is 0.505 e. The molecule has 2 atom stereocenters. The molecule has 3 N–H and O–H groups in total. The van der Waals surface area contributed by atoms with Crippen molar-refractivity contribution in [2.24, 2.45) is 11.1 Å². The summed E-state index contributed by atoms with van der Waals surface area (Å²) < 4.78 is 26.1. The third-order valence-electron chi connectivity index (χ3n) is 3.30. The van der Waals surface area contributed by atoms with Crippen molar-refractivity contribution in [2.45, 2.75) is 25.8 Å². The molecule has 15 heavy (non-hydrogen) atoms. The van der Waals surface area contributed by atoms with Crippen LogP contribution in [0.25, 0.3) is 0 Å². The highest BCUT2D eigenvalue weighted by Gasteiger charge is 2.57. The number of phenols is 1. The van der Waals surface area contributed by atoms with Crippen LogP contribution in [0, 0.1) is 17.0 Å². The Balaban J connectivity index is 2.47. The summed E-state index contributed by atoms with van der Waals surface area (Å²) in [5, 5.41) is 9.49. The van der Waals surface area contributed by atoms with Gasteiger partial charge in [0.15, 0.2) is 11.6 Å². The number of hydrogen-bond donors (Lipinski definition) is 2. The highest BCUT2D eigenvalue weighted by atomic mass is 19.1. The average molecular weight is 213 g/mol. The van der Waals surface area contributed by atoms with Crippen molar-refractivity contribution in [1.82, 2.24) is 0 Å². The Labute approximate surface area is 86.7 Å². The molecule has 0 bridgehead atoms. The van der Waals surface area contributed by atoms with Gasteiger partial charge in [-0.3, -0.25) is 0 Å². The number of rotatable bonds is 1. The highest BCUT2D eigenvalue weighted by Crippen LogP contribution is 2.59. The quantitative estimate of drug-likeness (QED) is 0.750. The Hall–Kier alpha value is -1.16. The monoisotopic (exact) mass is 213 g/mol. The molecule has 0 radical (unpaired) electrons. The van der Waals surface area contributed by atoms with Crippen molar-refractivity contribution < 1.29 is 13.9 Å². The zero-order valence-electron chi connectivity index (χ0n) is 8.59. The van der Waals surface area contributed by atoms with Crippen LogP contribution in [-0.4, -0.2) is 11.1 Å². The van der Waals surface area contributed by atoms with Gasteiger partial charge in [-0.15, -0.1) is 0 Å². The van der Waals surface area contributed by atoms with Crippen molar-refractivity contribution >= 4 is 0 Å². The van der Waals surface area contributed by atoms with E-state index in [2.05, 4.69) is 0 Å². The van der Waals surface area contributed by atoms with E-state index in [1.807, 2.05) is 13.8 Å². The highest BCUT2D eigenvalue weighted by molar-refractivity contribution is 5.44. The zero-order valence-corrected chi connectivity index (χ0v) is 8.59. The lowest BCUT2D eigenvalue weighted by Crippen LogP contribution is -2.06. The van der Waals surface area contributed by atoms with E-state index in [1.54, 1.807) is 0 Å². The van der Waals surface area contributed by atoms with E-state index in [0.29, 0.717) is 6.07 Å². The Kier molecular flexibility index (Phi) is 2.01. The van der Waals surface area contributed by atoms with Crippen molar-refractivity contribution in [2.75, 3.05) is 0 Å². The fourth-order valence-electron chi connectivity index (χ4n) is 2.09. The Morgan fingerprint density at radius 1 is 1.33 bits per heavy atom. The van der Waals surface area contributed by atoms with Crippen LogP contribution in [0.2, 0.25) is 0 Å². The molecular formula is C11H13F2NO. The van der Waals surface area contributed by atoms with Gasteiger partial charge in [-0.25, -0.2) is 8.78 Å². The summed E-state index contributed by atoms with van der Waals surface area (Å²) in [7, 11) is 0. The number of benzene rings is 1. The van der Waals surface area contributed by atoms with E-state index in [9.17, 15) is 13.9 Å². The molecule has 0 amide bonds. The molecule has 4 heteroatoms. The zero-order chi connectivity index (χ0) is 11.4. The molecular weight excluding hydrogens is 200 g/mol. The van der Waals surface area contributed by atoms with Crippen LogP contribution < -0.4 is 5.73 Å². The van der Waals surface area contributed by atoms with Crippen molar-refractivity contribution in [3.63, 3.8) is 0 Å². The van der Waals surface area contributed by atoms with E-state index in [-0.39, 0.29) is 22.9 Å². The SMILES string of the molecule is CC1(C)[C@@H](N)[C@@H]1c1cc(F)cc(F)c1O. The third kappa shape index (κ3) is 1.40. The maximum absolute atomic E-state index is 13.1. The van der Waals surface area contributed by atoms with Crippen LogP contribution >= 0.6 is 0 Å². The standard InChI is InChI=1S/C11H13F2NO/c1-11(2)8(10(11)14)6-3-5(12)4-7(13)9(6)15/h3-4,8,10,15H,14H2,1-2H3/t8-,10-/m0/s1. The number of hydrogen-bond acceptors (Lipinski definition) is 2. The van der Waals surface area contributed by atoms with Gasteiger partial charge in [-0.2, -0.15) is 0 Å². The van der Waals surface area contributed by atoms with Gasteiger partial charge in [0.1, 0.15) is 5.82 Å². The number of nitrogens with two attached hydrogens (primary N) is 1. The van der Waals surface area contributed by atoms with Crippen LogP contribution in [0.15, 0.2) is 12.1 Å². The summed E-state index contributed by atoms with van der Waals surface area (Å²) in [6.45, 7) is 3.81. The summed E-state index contributed by atoms with van der Waals surface area (Å²) in [6, 6.07) is 1.65. The molecule has 2 nitrogen and oxygen atoms in total. The maximum atomic E-state index is 13.1. The first kappa shape index (κ1) is 10.4. The van der Waals surface area contributed by atoms with Gasteiger partial charge >= 0.3 is 0 Å². The van der Waals surface area contributed by atoms with Gasteiger partial charge in [0.05, 0.1) is 0 Å². The third-order valence-corrected chi connectivity index (χ3v) is 3.30. The molecule has 2 rings (SSSR count). The predicted octanol–water partition coefficient (Wildman–Crippen LogP) is 2.12. The lowest BCUT2D eigenvalue weighted by molar-refractivity contribution is 0.418. The molecule has 82 valence electrons. The molecule has 1 fully saturated rings. The minimum Gasteiger partial charge on any atom is -0.505 e.